The predicted octanol–water partition coefficient (Wildman–Crippen LogP) is 4.33. The molecule has 2 aromatic carbocycles. The highest BCUT2D eigenvalue weighted by atomic mass is 35.5. The molecule has 0 saturated carbocycles. The molecule has 2 heterocycles. The van der Waals surface area contributed by atoms with Crippen LogP contribution in [0.15, 0.2) is 46.0 Å². The number of hydrogen-bond acceptors (Lipinski definition) is 9. The maximum absolute atomic E-state index is 6.20. The SMILES string of the molecule is COc1ccc(OC)c(-n2nnnc2SCc2nnc(-c3ccc(Cl)cc3Cl)o2)c1. The smallest absolute Gasteiger partial charge is 0.249 e. The summed E-state index contributed by atoms with van der Waals surface area (Å²) in [5, 5.41) is 21.5. The van der Waals surface area contributed by atoms with Crippen LogP contribution in [-0.2, 0) is 5.75 Å². The van der Waals surface area contributed by atoms with E-state index in [1.54, 1.807) is 55.3 Å². The number of benzene rings is 2. The first-order chi connectivity index (χ1) is 14.6. The molecule has 4 aromatic rings. The fraction of sp³-hybridized carbons (Fsp3) is 0.167. The Balaban J connectivity index is 1.54. The standard InChI is InChI=1S/C18H14Cl2N6O3S/c1-27-11-4-6-15(28-2)14(8-11)26-18(23-24-25-26)30-9-16-21-22-17(29-16)12-5-3-10(19)7-13(12)20/h3-8H,9H2,1-2H3. The topological polar surface area (TPSA) is 101 Å². The van der Waals surface area contributed by atoms with Crippen molar-refractivity contribution in [2.45, 2.75) is 10.9 Å². The van der Waals surface area contributed by atoms with Crippen LogP contribution in [0.3, 0.4) is 0 Å². The zero-order valence-corrected chi connectivity index (χ0v) is 18.1. The summed E-state index contributed by atoms with van der Waals surface area (Å²) < 4.78 is 18.0. The largest absolute Gasteiger partial charge is 0.497 e. The van der Waals surface area contributed by atoms with E-state index < -0.39 is 0 Å². The number of tetrazole rings is 1. The third-order valence-electron chi connectivity index (χ3n) is 4.01. The predicted molar refractivity (Wildman–Crippen MR) is 112 cm³/mol. The molecule has 0 aliphatic carbocycles. The van der Waals surface area contributed by atoms with Gasteiger partial charge in [0.05, 0.1) is 30.6 Å². The number of hydrogen-bond donors (Lipinski definition) is 0. The van der Waals surface area contributed by atoms with E-state index in [2.05, 4.69) is 25.7 Å². The fourth-order valence-electron chi connectivity index (χ4n) is 2.59. The van der Waals surface area contributed by atoms with Gasteiger partial charge < -0.3 is 13.9 Å². The summed E-state index contributed by atoms with van der Waals surface area (Å²) in [5.41, 5.74) is 1.25. The van der Waals surface area contributed by atoms with E-state index in [1.165, 1.54) is 11.8 Å². The van der Waals surface area contributed by atoms with Crippen molar-refractivity contribution >= 4 is 35.0 Å². The van der Waals surface area contributed by atoms with Gasteiger partial charge in [0.1, 0.15) is 17.2 Å². The zero-order chi connectivity index (χ0) is 21.1. The Bertz CT molecular complexity index is 1180. The number of thioether (sulfide) groups is 1. The van der Waals surface area contributed by atoms with Crippen LogP contribution in [-0.4, -0.2) is 44.6 Å². The number of rotatable bonds is 7. The van der Waals surface area contributed by atoms with Gasteiger partial charge in [-0.25, -0.2) is 0 Å². The molecule has 2 aromatic heterocycles. The molecule has 0 atom stereocenters. The first-order valence-electron chi connectivity index (χ1n) is 8.50. The van der Waals surface area contributed by atoms with Crippen molar-refractivity contribution in [2.24, 2.45) is 0 Å². The average molecular weight is 465 g/mol. The number of ether oxygens (including phenoxy) is 2. The summed E-state index contributed by atoms with van der Waals surface area (Å²) in [6.45, 7) is 0. The first-order valence-corrected chi connectivity index (χ1v) is 10.2. The van der Waals surface area contributed by atoms with Gasteiger partial charge in [-0.2, -0.15) is 4.68 Å². The van der Waals surface area contributed by atoms with Gasteiger partial charge in [-0.3, -0.25) is 0 Å². The molecule has 0 amide bonds. The lowest BCUT2D eigenvalue weighted by Gasteiger charge is -2.10. The number of halogens is 2. The molecule has 154 valence electrons. The van der Waals surface area contributed by atoms with E-state index in [4.69, 9.17) is 37.1 Å². The molecule has 9 nitrogen and oxygen atoms in total. The summed E-state index contributed by atoms with van der Waals surface area (Å²) in [7, 11) is 3.16. The number of aromatic nitrogens is 6. The molecule has 0 saturated heterocycles. The monoisotopic (exact) mass is 464 g/mol. The second-order valence-corrected chi connectivity index (χ2v) is 7.61. The van der Waals surface area contributed by atoms with E-state index in [-0.39, 0.29) is 0 Å². The van der Waals surface area contributed by atoms with Crippen LogP contribution in [0, 0.1) is 0 Å². The molecule has 0 aliphatic heterocycles. The van der Waals surface area contributed by atoms with Crippen molar-refractivity contribution in [2.75, 3.05) is 14.2 Å². The molecule has 0 unspecified atom stereocenters. The minimum Gasteiger partial charge on any atom is -0.497 e. The van der Waals surface area contributed by atoms with Crippen LogP contribution in [0.1, 0.15) is 5.89 Å². The molecule has 0 N–H and O–H groups in total. The van der Waals surface area contributed by atoms with E-state index >= 15 is 0 Å². The highest BCUT2D eigenvalue weighted by Crippen LogP contribution is 2.32. The number of nitrogens with zero attached hydrogens (tertiary/aromatic N) is 6. The minimum atomic E-state index is 0.307. The van der Waals surface area contributed by atoms with Crippen LogP contribution in [0.4, 0.5) is 0 Å². The Labute approximate surface area is 185 Å². The van der Waals surface area contributed by atoms with Gasteiger partial charge >= 0.3 is 0 Å². The van der Waals surface area contributed by atoms with Gasteiger partial charge in [-0.1, -0.05) is 35.0 Å². The van der Waals surface area contributed by atoms with Gasteiger partial charge in [0, 0.05) is 11.1 Å². The molecule has 0 aliphatic rings. The molecular formula is C18H14Cl2N6O3S. The zero-order valence-electron chi connectivity index (χ0n) is 15.7. The van der Waals surface area contributed by atoms with Crippen molar-refractivity contribution in [1.82, 2.24) is 30.4 Å². The Hall–Kier alpha value is -2.82. The molecule has 0 bridgehead atoms. The lowest BCUT2D eigenvalue weighted by Crippen LogP contribution is -2.02. The molecule has 4 rings (SSSR count). The molecule has 12 heteroatoms. The summed E-state index contributed by atoms with van der Waals surface area (Å²) in [4.78, 5) is 0. The summed E-state index contributed by atoms with van der Waals surface area (Å²) in [6, 6.07) is 10.4. The Morgan fingerprint density at radius 2 is 1.90 bits per heavy atom. The van der Waals surface area contributed by atoms with Gasteiger partial charge in [-0.15, -0.1) is 15.3 Å². The van der Waals surface area contributed by atoms with Crippen LogP contribution in [0.2, 0.25) is 10.0 Å². The van der Waals surface area contributed by atoms with Gasteiger partial charge in [0.25, 0.3) is 0 Å². The first kappa shape index (κ1) is 20.5. The van der Waals surface area contributed by atoms with E-state index in [1.807, 2.05) is 0 Å². The quantitative estimate of drug-likeness (QED) is 0.369. The van der Waals surface area contributed by atoms with Crippen molar-refractivity contribution < 1.29 is 13.9 Å². The Morgan fingerprint density at radius 1 is 1.03 bits per heavy atom. The third kappa shape index (κ3) is 4.20. The Kier molecular flexibility index (Phi) is 6.07. The highest BCUT2D eigenvalue weighted by Gasteiger charge is 2.17. The van der Waals surface area contributed by atoms with Crippen LogP contribution in [0.5, 0.6) is 11.5 Å². The highest BCUT2D eigenvalue weighted by molar-refractivity contribution is 7.98. The molecule has 0 spiro atoms. The lowest BCUT2D eigenvalue weighted by molar-refractivity contribution is 0.399. The number of methoxy groups -OCH3 is 2. The lowest BCUT2D eigenvalue weighted by atomic mass is 10.2. The summed E-state index contributed by atoms with van der Waals surface area (Å²) in [5.74, 6) is 2.31. The van der Waals surface area contributed by atoms with E-state index in [9.17, 15) is 0 Å². The van der Waals surface area contributed by atoms with Crippen LogP contribution in [0.25, 0.3) is 17.1 Å². The van der Waals surface area contributed by atoms with E-state index in [0.717, 1.165) is 0 Å². The van der Waals surface area contributed by atoms with Gasteiger partial charge in [0.2, 0.25) is 16.9 Å². The minimum absolute atomic E-state index is 0.307. The average Bonchev–Trinajstić information content (AvgIpc) is 3.41. The fourth-order valence-corrected chi connectivity index (χ4v) is 3.80. The van der Waals surface area contributed by atoms with Crippen molar-refractivity contribution in [3.8, 4) is 28.6 Å². The summed E-state index contributed by atoms with van der Waals surface area (Å²) in [6.07, 6.45) is 0. The van der Waals surface area contributed by atoms with Gasteiger partial charge in [-0.05, 0) is 40.8 Å². The van der Waals surface area contributed by atoms with Crippen LogP contribution < -0.4 is 9.47 Å². The Morgan fingerprint density at radius 3 is 2.67 bits per heavy atom. The van der Waals surface area contributed by atoms with Crippen molar-refractivity contribution in [3.05, 3.63) is 52.3 Å². The summed E-state index contributed by atoms with van der Waals surface area (Å²) >= 11 is 13.5. The van der Waals surface area contributed by atoms with Crippen LogP contribution >= 0.6 is 35.0 Å². The molecule has 30 heavy (non-hydrogen) atoms. The van der Waals surface area contributed by atoms with Crippen molar-refractivity contribution in [3.63, 3.8) is 0 Å². The third-order valence-corrected chi connectivity index (χ3v) is 5.46. The molecular weight excluding hydrogens is 451 g/mol. The normalized spacial score (nSPS) is 10.9. The van der Waals surface area contributed by atoms with E-state index in [0.29, 0.717) is 55.5 Å². The molecule has 0 radical (unpaired) electrons. The maximum atomic E-state index is 6.20. The molecule has 0 fully saturated rings. The second kappa shape index (κ2) is 8.90. The van der Waals surface area contributed by atoms with Crippen molar-refractivity contribution in [1.29, 1.82) is 0 Å². The maximum Gasteiger partial charge on any atom is 0.249 e. The second-order valence-electron chi connectivity index (χ2n) is 5.82. The van der Waals surface area contributed by atoms with Gasteiger partial charge in [0.15, 0.2) is 0 Å².